The Labute approximate surface area is 94.9 Å². The zero-order valence-electron chi connectivity index (χ0n) is 8.82. The van der Waals surface area contributed by atoms with Crippen LogP contribution in [0.4, 0.5) is 0 Å². The fourth-order valence-corrected chi connectivity index (χ4v) is 3.27. The van der Waals surface area contributed by atoms with Crippen LogP contribution in [-0.4, -0.2) is 29.5 Å². The van der Waals surface area contributed by atoms with Crippen molar-refractivity contribution in [2.45, 2.75) is 30.6 Å². The smallest absolute Gasteiger partial charge is 0.227 e. The molecule has 4 heteroatoms. The minimum Gasteiger partial charge on any atom is -0.354 e. The molecule has 1 saturated heterocycles. The van der Waals surface area contributed by atoms with E-state index in [9.17, 15) is 4.79 Å². The van der Waals surface area contributed by atoms with Gasteiger partial charge in [0, 0.05) is 17.8 Å². The summed E-state index contributed by atoms with van der Waals surface area (Å²) >= 11 is 1.97. The predicted octanol–water partition coefficient (Wildman–Crippen LogP) is 0.902. The second-order valence-electron chi connectivity index (χ2n) is 4.27. The first-order valence-corrected chi connectivity index (χ1v) is 6.64. The molecule has 1 aliphatic heterocycles. The summed E-state index contributed by atoms with van der Waals surface area (Å²) in [6.07, 6.45) is 7.16. The third-order valence-electron chi connectivity index (χ3n) is 2.98. The van der Waals surface area contributed by atoms with Gasteiger partial charge in [-0.1, -0.05) is 12.2 Å². The van der Waals surface area contributed by atoms with Crippen molar-refractivity contribution in [1.82, 2.24) is 5.32 Å². The van der Waals surface area contributed by atoms with Crippen LogP contribution in [0, 0.1) is 5.92 Å². The Hall–Kier alpha value is -0.480. The molecule has 3 nitrogen and oxygen atoms in total. The first-order valence-electron chi connectivity index (χ1n) is 5.59. The third kappa shape index (κ3) is 2.98. The van der Waals surface area contributed by atoms with Gasteiger partial charge >= 0.3 is 0 Å². The Morgan fingerprint density at radius 2 is 2.40 bits per heavy atom. The summed E-state index contributed by atoms with van der Waals surface area (Å²) in [4.78, 5) is 11.7. The Balaban J connectivity index is 1.70. The second-order valence-corrected chi connectivity index (χ2v) is 5.68. The number of thioether (sulfide) groups is 1. The summed E-state index contributed by atoms with van der Waals surface area (Å²) in [5, 5.41) is 3.65. The molecule has 1 aliphatic carbocycles. The summed E-state index contributed by atoms with van der Waals surface area (Å²) < 4.78 is 0. The molecule has 2 rings (SSSR count). The van der Waals surface area contributed by atoms with E-state index < -0.39 is 0 Å². The van der Waals surface area contributed by atoms with E-state index >= 15 is 0 Å². The number of amides is 1. The minimum atomic E-state index is 0.00593. The van der Waals surface area contributed by atoms with Crippen LogP contribution in [-0.2, 0) is 4.79 Å². The topological polar surface area (TPSA) is 55.1 Å². The lowest BCUT2D eigenvalue weighted by atomic mass is 10.1. The van der Waals surface area contributed by atoms with E-state index in [0.717, 1.165) is 13.0 Å². The van der Waals surface area contributed by atoms with E-state index in [4.69, 9.17) is 5.73 Å². The fraction of sp³-hybridized carbons (Fsp3) is 0.727. The van der Waals surface area contributed by atoms with Crippen LogP contribution in [0.2, 0.25) is 0 Å². The number of nitrogens with one attached hydrogen (secondary N) is 1. The molecule has 0 spiro atoms. The lowest BCUT2D eigenvalue weighted by Gasteiger charge is -2.13. The number of hydrogen-bond donors (Lipinski definition) is 2. The number of nitrogens with two attached hydrogens (primary N) is 1. The second kappa shape index (κ2) is 5.03. The predicted molar refractivity (Wildman–Crippen MR) is 63.7 cm³/mol. The Morgan fingerprint density at radius 3 is 3.00 bits per heavy atom. The number of rotatable bonds is 3. The molecule has 1 amide bonds. The largest absolute Gasteiger partial charge is 0.354 e. The molecule has 3 N–H and O–H groups in total. The molecule has 3 unspecified atom stereocenters. The van der Waals surface area contributed by atoms with Crippen molar-refractivity contribution in [3.63, 3.8) is 0 Å². The molecule has 0 saturated carbocycles. The summed E-state index contributed by atoms with van der Waals surface area (Å²) in [6, 6.07) is 0.0709. The van der Waals surface area contributed by atoms with Gasteiger partial charge in [0.25, 0.3) is 0 Å². The zero-order valence-corrected chi connectivity index (χ0v) is 9.63. The lowest BCUT2D eigenvalue weighted by Crippen LogP contribution is -2.34. The Kier molecular flexibility index (Phi) is 3.70. The van der Waals surface area contributed by atoms with Crippen molar-refractivity contribution in [2.75, 3.05) is 12.3 Å². The van der Waals surface area contributed by atoms with Crippen molar-refractivity contribution >= 4 is 17.7 Å². The van der Waals surface area contributed by atoms with Gasteiger partial charge in [-0.15, -0.1) is 0 Å². The van der Waals surface area contributed by atoms with Gasteiger partial charge in [-0.2, -0.15) is 11.8 Å². The molecule has 3 atom stereocenters. The lowest BCUT2D eigenvalue weighted by molar-refractivity contribution is -0.123. The van der Waals surface area contributed by atoms with Crippen LogP contribution < -0.4 is 11.1 Å². The number of hydrogen-bond acceptors (Lipinski definition) is 3. The molecule has 1 fully saturated rings. The van der Waals surface area contributed by atoms with Crippen molar-refractivity contribution in [3.8, 4) is 0 Å². The van der Waals surface area contributed by atoms with Crippen molar-refractivity contribution in [1.29, 1.82) is 0 Å². The first-order chi connectivity index (χ1) is 7.25. The molecule has 0 aromatic heterocycles. The molecular weight excluding hydrogens is 208 g/mol. The van der Waals surface area contributed by atoms with Crippen molar-refractivity contribution in [3.05, 3.63) is 12.2 Å². The third-order valence-corrected chi connectivity index (χ3v) is 4.38. The maximum Gasteiger partial charge on any atom is 0.227 e. The standard InChI is InChI=1S/C11H18N2OS/c12-9-4-3-8(6-9)11(14)13-7-10-2-1-5-15-10/h3-4,8-10H,1-2,5-7,12H2,(H,13,14). The minimum absolute atomic E-state index is 0.00593. The highest BCUT2D eigenvalue weighted by Gasteiger charge is 2.23. The molecule has 2 aliphatic rings. The van der Waals surface area contributed by atoms with E-state index in [-0.39, 0.29) is 17.9 Å². The van der Waals surface area contributed by atoms with Gasteiger partial charge in [0.15, 0.2) is 0 Å². The van der Waals surface area contributed by atoms with Gasteiger partial charge in [-0.3, -0.25) is 4.79 Å². The first kappa shape index (κ1) is 11.0. The maximum absolute atomic E-state index is 11.7. The molecule has 0 bridgehead atoms. The van der Waals surface area contributed by atoms with Gasteiger partial charge < -0.3 is 11.1 Å². The van der Waals surface area contributed by atoms with Gasteiger partial charge in [-0.05, 0) is 25.0 Å². The molecule has 0 aromatic rings. The molecule has 0 aromatic carbocycles. The van der Waals surface area contributed by atoms with Crippen LogP contribution in [0.1, 0.15) is 19.3 Å². The Bertz CT molecular complexity index is 261. The Morgan fingerprint density at radius 1 is 1.53 bits per heavy atom. The molecule has 1 heterocycles. The van der Waals surface area contributed by atoms with Crippen LogP contribution in [0.3, 0.4) is 0 Å². The quantitative estimate of drug-likeness (QED) is 0.703. The van der Waals surface area contributed by atoms with Crippen LogP contribution in [0.15, 0.2) is 12.2 Å². The van der Waals surface area contributed by atoms with Gasteiger partial charge in [0.1, 0.15) is 0 Å². The van der Waals surface area contributed by atoms with Crippen LogP contribution in [0.25, 0.3) is 0 Å². The van der Waals surface area contributed by atoms with Crippen molar-refractivity contribution < 1.29 is 4.79 Å². The summed E-state index contributed by atoms with van der Waals surface area (Å²) in [5.74, 6) is 1.40. The average Bonchev–Trinajstić information content (AvgIpc) is 2.84. The van der Waals surface area contributed by atoms with E-state index in [1.54, 1.807) is 0 Å². The number of carbonyl (C=O) groups excluding carboxylic acids is 1. The van der Waals surface area contributed by atoms with E-state index in [1.165, 1.54) is 18.6 Å². The summed E-state index contributed by atoms with van der Waals surface area (Å²) in [6.45, 7) is 0.822. The number of carbonyl (C=O) groups is 1. The monoisotopic (exact) mass is 226 g/mol. The molecule has 84 valence electrons. The molecule has 0 radical (unpaired) electrons. The highest BCUT2D eigenvalue weighted by Crippen LogP contribution is 2.25. The maximum atomic E-state index is 11.7. The van der Waals surface area contributed by atoms with E-state index in [2.05, 4.69) is 5.32 Å². The van der Waals surface area contributed by atoms with Crippen molar-refractivity contribution in [2.24, 2.45) is 11.7 Å². The fourth-order valence-electron chi connectivity index (χ4n) is 2.07. The van der Waals surface area contributed by atoms with Gasteiger partial charge in [-0.25, -0.2) is 0 Å². The summed E-state index contributed by atoms with van der Waals surface area (Å²) in [5.41, 5.74) is 5.71. The van der Waals surface area contributed by atoms with Gasteiger partial charge in [0.05, 0.1) is 5.92 Å². The highest BCUT2D eigenvalue weighted by molar-refractivity contribution is 8.00. The SMILES string of the molecule is NC1C=CC(C(=O)NCC2CCCS2)C1. The van der Waals surface area contributed by atoms with Gasteiger partial charge in [0.2, 0.25) is 5.91 Å². The van der Waals surface area contributed by atoms with Crippen LogP contribution >= 0.6 is 11.8 Å². The average molecular weight is 226 g/mol. The van der Waals surface area contributed by atoms with E-state index in [0.29, 0.717) is 5.25 Å². The van der Waals surface area contributed by atoms with Crippen LogP contribution in [0.5, 0.6) is 0 Å². The molecule has 15 heavy (non-hydrogen) atoms. The molecular formula is C11H18N2OS. The zero-order chi connectivity index (χ0) is 10.7. The normalized spacial score (nSPS) is 34.6. The highest BCUT2D eigenvalue weighted by atomic mass is 32.2. The van der Waals surface area contributed by atoms with E-state index in [1.807, 2.05) is 23.9 Å². The summed E-state index contributed by atoms with van der Waals surface area (Å²) in [7, 11) is 0.